The molecule has 2 aromatic rings. The third kappa shape index (κ3) is 2.62. The summed E-state index contributed by atoms with van der Waals surface area (Å²) in [6.45, 7) is 3.63. The quantitative estimate of drug-likeness (QED) is 0.627. The van der Waals surface area contributed by atoms with Gasteiger partial charge in [-0.25, -0.2) is 19.0 Å². The van der Waals surface area contributed by atoms with Gasteiger partial charge in [-0.3, -0.25) is 0 Å². The van der Waals surface area contributed by atoms with Crippen molar-refractivity contribution in [2.24, 2.45) is 0 Å². The zero-order valence-corrected chi connectivity index (χ0v) is 12.4. The normalized spacial score (nSPS) is 16.3. The predicted octanol–water partition coefficient (Wildman–Crippen LogP) is 1.91. The number of fused-ring (bicyclic) bond motifs is 1. The molecular formula is C15H13N2O3S+. The Morgan fingerprint density at radius 1 is 1.33 bits per heavy atom. The fraction of sp³-hybridized carbons (Fsp3) is 0.133. The van der Waals surface area contributed by atoms with Crippen LogP contribution in [0.4, 0.5) is 0 Å². The third-order valence-electron chi connectivity index (χ3n) is 3.10. The van der Waals surface area contributed by atoms with E-state index in [4.69, 9.17) is 4.74 Å². The number of H-pyrrole nitrogens is 1. The van der Waals surface area contributed by atoms with E-state index in [1.54, 1.807) is 24.4 Å². The highest BCUT2D eigenvalue weighted by atomic mass is 32.2. The van der Waals surface area contributed by atoms with Crippen molar-refractivity contribution in [2.75, 3.05) is 0 Å². The fourth-order valence-corrected chi connectivity index (χ4v) is 3.15. The first-order valence-electron chi connectivity index (χ1n) is 6.35. The van der Waals surface area contributed by atoms with Crippen LogP contribution in [0.2, 0.25) is 0 Å². The molecule has 106 valence electrons. The molecule has 21 heavy (non-hydrogen) atoms. The molecule has 6 heteroatoms. The van der Waals surface area contributed by atoms with Gasteiger partial charge in [0.05, 0.1) is 15.7 Å². The summed E-state index contributed by atoms with van der Waals surface area (Å²) in [5, 5.41) is 0. The van der Waals surface area contributed by atoms with Gasteiger partial charge in [0, 0.05) is 4.91 Å². The largest absolute Gasteiger partial charge is 0.418 e. The second-order valence-electron chi connectivity index (χ2n) is 4.71. The van der Waals surface area contributed by atoms with E-state index in [1.807, 2.05) is 19.9 Å². The molecule has 0 saturated heterocycles. The second-order valence-corrected chi connectivity index (χ2v) is 6.34. The summed E-state index contributed by atoms with van der Waals surface area (Å²) in [6.07, 6.45) is 4.92. The van der Waals surface area contributed by atoms with E-state index in [1.165, 1.54) is 6.20 Å². The van der Waals surface area contributed by atoms with Crippen LogP contribution in [-0.4, -0.2) is 15.2 Å². The number of rotatable bonds is 2. The molecule has 1 aromatic carbocycles. The van der Waals surface area contributed by atoms with E-state index in [0.29, 0.717) is 10.6 Å². The highest BCUT2D eigenvalue weighted by Crippen LogP contribution is 2.32. The second kappa shape index (κ2) is 5.21. The zero-order valence-electron chi connectivity index (χ0n) is 11.5. The Labute approximate surface area is 124 Å². The molecule has 1 atom stereocenters. The first-order chi connectivity index (χ1) is 10.0. The highest BCUT2D eigenvalue weighted by Gasteiger charge is 2.21. The molecular weight excluding hydrogens is 288 g/mol. The number of benzene rings is 1. The van der Waals surface area contributed by atoms with Gasteiger partial charge in [0.25, 0.3) is 0 Å². The average molecular weight is 301 g/mol. The van der Waals surface area contributed by atoms with Crippen LogP contribution in [-0.2, 0) is 10.8 Å². The van der Waals surface area contributed by atoms with Gasteiger partial charge in [0.1, 0.15) is 17.6 Å². The lowest BCUT2D eigenvalue weighted by molar-refractivity contribution is -0.384. The zero-order chi connectivity index (χ0) is 15.0. The van der Waals surface area contributed by atoms with Gasteiger partial charge in [-0.1, -0.05) is 6.07 Å². The van der Waals surface area contributed by atoms with Gasteiger partial charge in [0.15, 0.2) is 6.20 Å². The molecule has 1 aromatic heterocycles. The Balaban J connectivity index is 1.82. The topological polar surface area (TPSA) is 70.4 Å². The number of hydrogen-bond donors (Lipinski definition) is 0. The number of ether oxygens (including phenoxy) is 1. The van der Waals surface area contributed by atoms with Crippen molar-refractivity contribution in [3.05, 3.63) is 52.4 Å². The smallest absolute Gasteiger partial charge is 0.410 e. The molecule has 3 rings (SSSR count). The minimum Gasteiger partial charge on any atom is -0.418 e. The summed E-state index contributed by atoms with van der Waals surface area (Å²) in [7, 11) is -1.17. The van der Waals surface area contributed by atoms with Crippen LogP contribution in [0.15, 0.2) is 40.4 Å². The van der Waals surface area contributed by atoms with E-state index in [-0.39, 0.29) is 5.69 Å². The average Bonchev–Trinajstić information content (AvgIpc) is 2.75. The summed E-state index contributed by atoms with van der Waals surface area (Å²) in [5.41, 5.74) is 1.94. The molecule has 0 fully saturated rings. The van der Waals surface area contributed by atoms with E-state index < -0.39 is 16.8 Å². The number of esters is 1. The maximum atomic E-state index is 12.0. The lowest BCUT2D eigenvalue weighted by atomic mass is 10.2. The third-order valence-corrected chi connectivity index (χ3v) is 4.56. The van der Waals surface area contributed by atoms with Crippen LogP contribution in [0.1, 0.15) is 28.7 Å². The first-order valence-corrected chi connectivity index (χ1v) is 7.50. The van der Waals surface area contributed by atoms with E-state index >= 15 is 0 Å². The molecule has 0 radical (unpaired) electrons. The Morgan fingerprint density at radius 2 is 2.14 bits per heavy atom. The minimum absolute atomic E-state index is 0.261. The van der Waals surface area contributed by atoms with Crippen LogP contribution in [0.3, 0.4) is 0 Å². The molecule has 0 amide bonds. The number of nitrogens with one attached hydrogen (secondary N) is 1. The van der Waals surface area contributed by atoms with Crippen molar-refractivity contribution in [3.8, 4) is 5.75 Å². The Bertz CT molecular complexity index is 782. The van der Waals surface area contributed by atoms with Gasteiger partial charge < -0.3 is 4.74 Å². The van der Waals surface area contributed by atoms with Crippen LogP contribution in [0.5, 0.6) is 5.75 Å². The van der Waals surface area contributed by atoms with Gasteiger partial charge in [0.2, 0.25) is 0 Å². The Morgan fingerprint density at radius 3 is 2.86 bits per heavy atom. The van der Waals surface area contributed by atoms with Gasteiger partial charge in [-0.15, -0.1) is 0 Å². The van der Waals surface area contributed by atoms with Crippen LogP contribution in [0, 0.1) is 6.92 Å². The van der Waals surface area contributed by atoms with Crippen LogP contribution < -0.4 is 9.72 Å². The van der Waals surface area contributed by atoms with E-state index in [9.17, 15) is 9.00 Å². The number of aromatic amines is 1. The maximum absolute atomic E-state index is 12.0. The standard InChI is InChI=1S/C15H12N2O3S/c1-9-7-17-13(8-16-9)15(18)20-12-4-3-11-5-10(2)21(19)14(11)6-12/h3-8H,1-2H3/p+1. The molecule has 0 aliphatic carbocycles. The van der Waals surface area contributed by atoms with Crippen molar-refractivity contribution in [3.63, 3.8) is 0 Å². The molecule has 0 bridgehead atoms. The molecule has 1 aliphatic heterocycles. The van der Waals surface area contributed by atoms with E-state index in [0.717, 1.165) is 16.2 Å². The van der Waals surface area contributed by atoms with Crippen molar-refractivity contribution in [1.29, 1.82) is 0 Å². The van der Waals surface area contributed by atoms with Crippen molar-refractivity contribution < 1.29 is 18.7 Å². The van der Waals surface area contributed by atoms with Crippen molar-refractivity contribution in [1.82, 2.24) is 4.98 Å². The van der Waals surface area contributed by atoms with Crippen molar-refractivity contribution in [2.45, 2.75) is 18.7 Å². The number of carbonyl (C=O) groups is 1. The highest BCUT2D eigenvalue weighted by molar-refractivity contribution is 7.89. The van der Waals surface area contributed by atoms with Crippen molar-refractivity contribution >= 4 is 22.8 Å². The maximum Gasteiger partial charge on any atom is 0.410 e. The lowest BCUT2D eigenvalue weighted by Crippen LogP contribution is -2.21. The molecule has 1 N–H and O–H groups in total. The summed E-state index contributed by atoms with van der Waals surface area (Å²) in [6, 6.07) is 5.12. The predicted molar refractivity (Wildman–Crippen MR) is 77.0 cm³/mol. The van der Waals surface area contributed by atoms with Crippen LogP contribution >= 0.6 is 0 Å². The van der Waals surface area contributed by atoms with E-state index in [2.05, 4.69) is 9.97 Å². The number of nitrogens with zero attached hydrogens (tertiary/aromatic N) is 1. The number of hydrogen-bond acceptors (Lipinski definition) is 4. The summed E-state index contributed by atoms with van der Waals surface area (Å²) < 4.78 is 17.3. The van der Waals surface area contributed by atoms with Gasteiger partial charge in [-0.2, -0.15) is 0 Å². The molecule has 1 aliphatic rings. The molecule has 1 unspecified atom stereocenters. The van der Waals surface area contributed by atoms with Gasteiger partial charge in [-0.05, 0) is 37.6 Å². The molecule has 0 spiro atoms. The molecule has 2 heterocycles. The number of allylic oxidation sites excluding steroid dienone is 1. The monoisotopic (exact) mass is 301 g/mol. The fourth-order valence-electron chi connectivity index (χ4n) is 2.00. The van der Waals surface area contributed by atoms with Gasteiger partial charge >= 0.3 is 11.7 Å². The minimum atomic E-state index is -1.17. The molecule has 0 saturated carbocycles. The summed E-state index contributed by atoms with van der Waals surface area (Å²) >= 11 is 0. The Hall–Kier alpha value is -2.34. The first kappa shape index (κ1) is 13.6. The number of carbonyl (C=O) groups excluding carboxylic acids is 1. The van der Waals surface area contributed by atoms with Crippen LogP contribution in [0.25, 0.3) is 6.08 Å². The number of aromatic nitrogens is 2. The molecule has 5 nitrogen and oxygen atoms in total. The Kier molecular flexibility index (Phi) is 3.39. The summed E-state index contributed by atoms with van der Waals surface area (Å²) in [5.74, 6) is -0.167. The number of aryl methyl sites for hydroxylation is 1. The lowest BCUT2D eigenvalue weighted by Gasteiger charge is -2.04. The summed E-state index contributed by atoms with van der Waals surface area (Å²) in [4.78, 5) is 20.3. The SMILES string of the molecule is CC1=Cc2ccc(OC(=O)c3cnc(C)c[nH+]3)cc2S1=O.